The second-order valence-corrected chi connectivity index (χ2v) is 7.15. The summed E-state index contributed by atoms with van der Waals surface area (Å²) < 4.78 is 21.8. The molecule has 0 aliphatic heterocycles. The summed E-state index contributed by atoms with van der Waals surface area (Å²) in [5.41, 5.74) is 2.29. The van der Waals surface area contributed by atoms with Crippen LogP contribution in [-0.2, 0) is 25.4 Å². The van der Waals surface area contributed by atoms with Crippen LogP contribution >= 0.6 is 12.2 Å². The quantitative estimate of drug-likeness (QED) is 0.319. The summed E-state index contributed by atoms with van der Waals surface area (Å²) in [6, 6.07) is 8.26. The van der Waals surface area contributed by atoms with E-state index in [1.807, 2.05) is 12.1 Å². The molecule has 0 radical (unpaired) electrons. The van der Waals surface area contributed by atoms with E-state index in [0.29, 0.717) is 63.8 Å². The Labute approximate surface area is 175 Å². The van der Waals surface area contributed by atoms with Gasteiger partial charge in [-0.3, -0.25) is 0 Å². The molecule has 28 heavy (non-hydrogen) atoms. The second kappa shape index (κ2) is 16.7. The maximum absolute atomic E-state index is 5.51. The summed E-state index contributed by atoms with van der Waals surface area (Å²) in [6.07, 6.45) is 1.03. The smallest absolute Gasteiger partial charge is 0.170 e. The largest absolute Gasteiger partial charge is 0.379 e. The van der Waals surface area contributed by atoms with Crippen LogP contribution in [0.25, 0.3) is 0 Å². The SMILES string of the molecule is CCc1ccc(NC(=S)NCCOCCOCCOCCOCC(C)C)cc1. The Hall–Kier alpha value is -1.25. The molecule has 7 heteroatoms. The number of aryl methyl sites for hydroxylation is 1. The summed E-state index contributed by atoms with van der Waals surface area (Å²) in [6.45, 7) is 11.9. The highest BCUT2D eigenvalue weighted by molar-refractivity contribution is 7.80. The molecule has 0 fully saturated rings. The first-order chi connectivity index (χ1) is 13.6. The molecule has 0 spiro atoms. The minimum Gasteiger partial charge on any atom is -0.379 e. The maximum Gasteiger partial charge on any atom is 0.170 e. The Kier molecular flexibility index (Phi) is 14.8. The number of hydrogen-bond donors (Lipinski definition) is 2. The minimum absolute atomic E-state index is 0.553. The van der Waals surface area contributed by atoms with E-state index in [4.69, 9.17) is 31.2 Å². The molecular formula is C21H36N2O4S. The monoisotopic (exact) mass is 412 g/mol. The van der Waals surface area contributed by atoms with E-state index >= 15 is 0 Å². The maximum atomic E-state index is 5.51. The summed E-state index contributed by atoms with van der Waals surface area (Å²) in [5.74, 6) is 0.559. The Balaban J connectivity index is 1.85. The molecule has 1 rings (SSSR count). The van der Waals surface area contributed by atoms with Crippen LogP contribution < -0.4 is 10.6 Å². The molecule has 160 valence electrons. The normalized spacial score (nSPS) is 11.0. The van der Waals surface area contributed by atoms with Crippen molar-refractivity contribution in [1.82, 2.24) is 5.32 Å². The van der Waals surface area contributed by atoms with Crippen LogP contribution in [0.5, 0.6) is 0 Å². The van der Waals surface area contributed by atoms with E-state index in [-0.39, 0.29) is 0 Å². The molecule has 0 aromatic heterocycles. The van der Waals surface area contributed by atoms with Gasteiger partial charge in [0, 0.05) is 18.8 Å². The lowest BCUT2D eigenvalue weighted by atomic mass is 10.1. The van der Waals surface area contributed by atoms with E-state index in [0.717, 1.165) is 18.7 Å². The van der Waals surface area contributed by atoms with Crippen molar-refractivity contribution in [3.8, 4) is 0 Å². The molecular weight excluding hydrogens is 376 g/mol. The van der Waals surface area contributed by atoms with Crippen molar-refractivity contribution in [1.29, 1.82) is 0 Å². The number of thiocarbonyl (C=S) groups is 1. The molecule has 0 bridgehead atoms. The number of ether oxygens (including phenoxy) is 4. The Morgan fingerprint density at radius 3 is 1.93 bits per heavy atom. The van der Waals surface area contributed by atoms with Crippen LogP contribution in [0.2, 0.25) is 0 Å². The number of benzene rings is 1. The van der Waals surface area contributed by atoms with Gasteiger partial charge in [0.05, 0.1) is 46.2 Å². The summed E-state index contributed by atoms with van der Waals surface area (Å²) in [5, 5.41) is 6.88. The van der Waals surface area contributed by atoms with Crippen molar-refractivity contribution in [2.45, 2.75) is 27.2 Å². The van der Waals surface area contributed by atoms with Crippen molar-refractivity contribution >= 4 is 23.0 Å². The Morgan fingerprint density at radius 1 is 0.857 bits per heavy atom. The predicted octanol–water partition coefficient (Wildman–Crippen LogP) is 3.26. The van der Waals surface area contributed by atoms with Crippen molar-refractivity contribution in [2.24, 2.45) is 5.92 Å². The Morgan fingerprint density at radius 2 is 1.39 bits per heavy atom. The highest BCUT2D eigenvalue weighted by atomic mass is 32.1. The molecule has 2 N–H and O–H groups in total. The van der Waals surface area contributed by atoms with E-state index in [1.54, 1.807) is 0 Å². The third-order valence-electron chi connectivity index (χ3n) is 3.72. The highest BCUT2D eigenvalue weighted by Crippen LogP contribution is 2.09. The van der Waals surface area contributed by atoms with Gasteiger partial charge in [-0.1, -0.05) is 32.9 Å². The average Bonchev–Trinajstić information content (AvgIpc) is 2.68. The van der Waals surface area contributed by atoms with Gasteiger partial charge in [-0.25, -0.2) is 0 Å². The summed E-state index contributed by atoms with van der Waals surface area (Å²) in [4.78, 5) is 0. The van der Waals surface area contributed by atoms with E-state index in [9.17, 15) is 0 Å². The van der Waals surface area contributed by atoms with Crippen molar-refractivity contribution in [2.75, 3.05) is 64.7 Å². The van der Waals surface area contributed by atoms with Gasteiger partial charge < -0.3 is 29.6 Å². The van der Waals surface area contributed by atoms with Crippen LogP contribution in [-0.4, -0.2) is 64.5 Å². The highest BCUT2D eigenvalue weighted by Gasteiger charge is 1.98. The average molecular weight is 413 g/mol. The van der Waals surface area contributed by atoms with Crippen LogP contribution in [0.4, 0.5) is 5.69 Å². The van der Waals surface area contributed by atoms with Crippen LogP contribution in [0.3, 0.4) is 0 Å². The zero-order valence-electron chi connectivity index (χ0n) is 17.5. The lowest BCUT2D eigenvalue weighted by molar-refractivity contribution is -0.00406. The molecule has 0 aliphatic carbocycles. The molecule has 0 heterocycles. The third kappa shape index (κ3) is 13.8. The third-order valence-corrected chi connectivity index (χ3v) is 3.97. The first-order valence-electron chi connectivity index (χ1n) is 10.1. The van der Waals surface area contributed by atoms with E-state index < -0.39 is 0 Å². The summed E-state index contributed by atoms with van der Waals surface area (Å²) >= 11 is 5.27. The van der Waals surface area contributed by atoms with E-state index in [1.165, 1.54) is 5.56 Å². The summed E-state index contributed by atoms with van der Waals surface area (Å²) in [7, 11) is 0. The molecule has 6 nitrogen and oxygen atoms in total. The van der Waals surface area contributed by atoms with Gasteiger partial charge in [0.2, 0.25) is 0 Å². The van der Waals surface area contributed by atoms with Crippen LogP contribution in [0.1, 0.15) is 26.3 Å². The van der Waals surface area contributed by atoms with Gasteiger partial charge in [-0.15, -0.1) is 0 Å². The van der Waals surface area contributed by atoms with E-state index in [2.05, 4.69) is 43.5 Å². The lowest BCUT2D eigenvalue weighted by Crippen LogP contribution is -2.31. The van der Waals surface area contributed by atoms with Crippen molar-refractivity contribution < 1.29 is 18.9 Å². The van der Waals surface area contributed by atoms with Gasteiger partial charge in [-0.05, 0) is 42.3 Å². The number of hydrogen-bond acceptors (Lipinski definition) is 5. The molecule has 0 saturated carbocycles. The minimum atomic E-state index is 0.553. The fourth-order valence-electron chi connectivity index (χ4n) is 2.21. The molecule has 0 aliphatic rings. The predicted molar refractivity (Wildman–Crippen MR) is 118 cm³/mol. The zero-order valence-corrected chi connectivity index (χ0v) is 18.3. The van der Waals surface area contributed by atoms with Gasteiger partial charge in [0.15, 0.2) is 5.11 Å². The van der Waals surface area contributed by atoms with Gasteiger partial charge >= 0.3 is 0 Å². The van der Waals surface area contributed by atoms with Crippen LogP contribution in [0, 0.1) is 5.92 Å². The topological polar surface area (TPSA) is 61.0 Å². The van der Waals surface area contributed by atoms with Gasteiger partial charge in [0.25, 0.3) is 0 Å². The first-order valence-corrected chi connectivity index (χ1v) is 10.5. The van der Waals surface area contributed by atoms with Gasteiger partial charge in [0.1, 0.15) is 0 Å². The molecule has 1 aromatic rings. The molecule has 0 unspecified atom stereocenters. The molecule has 0 atom stereocenters. The molecule has 0 saturated heterocycles. The van der Waals surface area contributed by atoms with Crippen molar-refractivity contribution in [3.63, 3.8) is 0 Å². The molecule has 1 aromatic carbocycles. The zero-order chi connectivity index (χ0) is 20.5. The fourth-order valence-corrected chi connectivity index (χ4v) is 2.43. The fraction of sp³-hybridized carbons (Fsp3) is 0.667. The lowest BCUT2D eigenvalue weighted by Gasteiger charge is -2.11. The number of anilines is 1. The van der Waals surface area contributed by atoms with Crippen molar-refractivity contribution in [3.05, 3.63) is 29.8 Å². The second-order valence-electron chi connectivity index (χ2n) is 6.74. The van der Waals surface area contributed by atoms with Gasteiger partial charge in [-0.2, -0.15) is 0 Å². The van der Waals surface area contributed by atoms with Crippen LogP contribution in [0.15, 0.2) is 24.3 Å². The molecule has 0 amide bonds. The number of rotatable bonds is 16. The Bertz CT molecular complexity index is 512. The standard InChI is InChI=1S/C21H36N2O4S/c1-4-19-5-7-20(8-6-19)23-21(28)22-9-10-24-11-12-25-13-14-26-15-16-27-17-18(2)3/h5-8,18H,4,9-17H2,1-3H3,(H2,22,23,28). The number of nitrogens with one attached hydrogen (secondary N) is 2. The first kappa shape index (κ1) is 24.8.